The number of para-hydroxylation sites is 1. The number of carbonyl (C=O) groups is 3. The summed E-state index contributed by atoms with van der Waals surface area (Å²) in [7, 11) is 0. The zero-order chi connectivity index (χ0) is 30.3. The van der Waals surface area contributed by atoms with E-state index in [-0.39, 0.29) is 36.2 Å². The van der Waals surface area contributed by atoms with Gasteiger partial charge in [0.05, 0.1) is 12.6 Å². The lowest BCUT2D eigenvalue weighted by molar-refractivity contribution is -0.137. The van der Waals surface area contributed by atoms with Crippen LogP contribution >= 0.6 is 11.3 Å². The Bertz CT molecular complexity index is 1590. The highest BCUT2D eigenvalue weighted by Gasteiger charge is 2.40. The van der Waals surface area contributed by atoms with Crippen LogP contribution in [0.1, 0.15) is 51.7 Å². The number of hydrogen-bond acceptors (Lipinski definition) is 6. The van der Waals surface area contributed by atoms with E-state index in [9.17, 15) is 14.4 Å². The second kappa shape index (κ2) is 13.3. The first-order chi connectivity index (χ1) is 20.8. The second-order valence-corrected chi connectivity index (χ2v) is 11.4. The Balaban J connectivity index is 1.23. The Hall–Kier alpha value is -4.96. The molecule has 3 aromatic carbocycles. The highest BCUT2D eigenvalue weighted by Crippen LogP contribution is 2.33. The topological polar surface area (TPSA) is 138 Å². The van der Waals surface area contributed by atoms with Crippen molar-refractivity contribution in [2.75, 3.05) is 13.1 Å². The second-order valence-electron chi connectivity index (χ2n) is 10.4. The number of amides is 3. The molecule has 1 unspecified atom stereocenters. The van der Waals surface area contributed by atoms with Crippen molar-refractivity contribution in [2.24, 2.45) is 5.73 Å². The van der Waals surface area contributed by atoms with Gasteiger partial charge in [0, 0.05) is 33.8 Å². The number of nitrogens with one attached hydrogen (secondary N) is 3. The molecule has 0 bridgehead atoms. The van der Waals surface area contributed by atoms with Crippen LogP contribution in [-0.2, 0) is 9.59 Å². The first-order valence-corrected chi connectivity index (χ1v) is 14.8. The maximum absolute atomic E-state index is 13.5. The summed E-state index contributed by atoms with van der Waals surface area (Å²) in [6, 6.07) is 26.6. The SMILES string of the molecule is CC(NC(=O)[C@@H]1C[C@@H](c2ccccc2)CN1C(=O)CNC(=O)c1ccc(Oc2ccccc2)cc1)c1cc(C(=N)N)cs1. The molecule has 1 fully saturated rings. The molecule has 0 aliphatic carbocycles. The lowest BCUT2D eigenvalue weighted by Crippen LogP contribution is -2.49. The van der Waals surface area contributed by atoms with Gasteiger partial charge in [-0.2, -0.15) is 0 Å². The van der Waals surface area contributed by atoms with Gasteiger partial charge in [0.25, 0.3) is 5.91 Å². The van der Waals surface area contributed by atoms with E-state index in [1.54, 1.807) is 40.6 Å². The van der Waals surface area contributed by atoms with Crippen LogP contribution in [0.4, 0.5) is 0 Å². The van der Waals surface area contributed by atoms with Gasteiger partial charge in [0.2, 0.25) is 11.8 Å². The van der Waals surface area contributed by atoms with Gasteiger partial charge in [-0.25, -0.2) is 0 Å². The standard InChI is InChI=1S/C33H33N5O4S/c1-21(29-17-25(20-43-29)31(34)35)37-33(41)28-16-24(22-8-4-2-5-9-22)19-38(28)30(39)18-36-32(40)23-12-14-27(15-13-23)42-26-10-6-3-7-11-26/h2-15,17,20-21,24,28H,16,18-19H2,1H3,(H3,34,35)(H,36,40)(H,37,41)/t21?,24-,28+/m1/s1. The number of rotatable bonds is 10. The van der Waals surface area contributed by atoms with E-state index in [4.69, 9.17) is 15.9 Å². The van der Waals surface area contributed by atoms with Gasteiger partial charge in [-0.05, 0) is 61.4 Å². The molecule has 10 heteroatoms. The maximum atomic E-state index is 13.5. The molecule has 1 aromatic heterocycles. The molecule has 9 nitrogen and oxygen atoms in total. The van der Waals surface area contributed by atoms with E-state index < -0.39 is 11.9 Å². The Morgan fingerprint density at radius 2 is 1.63 bits per heavy atom. The number of ether oxygens (including phenoxy) is 1. The lowest BCUT2D eigenvalue weighted by Gasteiger charge is -2.25. The average Bonchev–Trinajstić information content (AvgIpc) is 3.70. The number of likely N-dealkylation sites (tertiary alicyclic amines) is 1. The fourth-order valence-electron chi connectivity index (χ4n) is 5.09. The zero-order valence-electron chi connectivity index (χ0n) is 23.7. The third-order valence-electron chi connectivity index (χ3n) is 7.41. The van der Waals surface area contributed by atoms with Crippen molar-refractivity contribution < 1.29 is 19.1 Å². The molecule has 220 valence electrons. The van der Waals surface area contributed by atoms with E-state index >= 15 is 0 Å². The van der Waals surface area contributed by atoms with Crippen molar-refractivity contribution in [3.05, 3.63) is 118 Å². The van der Waals surface area contributed by atoms with Gasteiger partial charge >= 0.3 is 0 Å². The molecular weight excluding hydrogens is 562 g/mol. The molecule has 4 aromatic rings. The molecule has 43 heavy (non-hydrogen) atoms. The predicted octanol–water partition coefficient (Wildman–Crippen LogP) is 4.82. The number of benzene rings is 3. The third-order valence-corrected chi connectivity index (χ3v) is 8.52. The van der Waals surface area contributed by atoms with Gasteiger partial charge in [-0.3, -0.25) is 19.8 Å². The van der Waals surface area contributed by atoms with Crippen LogP contribution in [0.5, 0.6) is 11.5 Å². The number of thiophene rings is 1. The van der Waals surface area contributed by atoms with E-state index in [0.29, 0.717) is 35.6 Å². The molecule has 3 atom stereocenters. The fraction of sp³-hybridized carbons (Fsp3) is 0.212. The summed E-state index contributed by atoms with van der Waals surface area (Å²) in [6.45, 7) is 1.98. The molecule has 0 saturated carbocycles. The highest BCUT2D eigenvalue weighted by atomic mass is 32.1. The Morgan fingerprint density at radius 3 is 2.28 bits per heavy atom. The summed E-state index contributed by atoms with van der Waals surface area (Å²) in [4.78, 5) is 42.2. The fourth-order valence-corrected chi connectivity index (χ4v) is 6.00. The van der Waals surface area contributed by atoms with Gasteiger partial charge in [0.15, 0.2) is 0 Å². The summed E-state index contributed by atoms with van der Waals surface area (Å²) < 4.78 is 5.78. The molecule has 0 radical (unpaired) electrons. The highest BCUT2D eigenvalue weighted by molar-refractivity contribution is 7.10. The van der Waals surface area contributed by atoms with Crippen LogP contribution in [0.3, 0.4) is 0 Å². The number of hydrogen-bond donors (Lipinski definition) is 4. The largest absolute Gasteiger partial charge is 0.457 e. The molecule has 0 spiro atoms. The lowest BCUT2D eigenvalue weighted by atomic mass is 9.96. The predicted molar refractivity (Wildman–Crippen MR) is 166 cm³/mol. The van der Waals surface area contributed by atoms with Crippen LogP contribution in [0.15, 0.2) is 96.4 Å². The summed E-state index contributed by atoms with van der Waals surface area (Å²) >= 11 is 1.41. The van der Waals surface area contributed by atoms with Crippen LogP contribution in [-0.4, -0.2) is 47.6 Å². The summed E-state index contributed by atoms with van der Waals surface area (Å²) in [5.74, 6) is 0.232. The summed E-state index contributed by atoms with van der Waals surface area (Å²) in [5.41, 5.74) is 7.64. The van der Waals surface area contributed by atoms with Crippen molar-refractivity contribution in [1.29, 1.82) is 5.41 Å². The van der Waals surface area contributed by atoms with E-state index in [1.807, 2.05) is 67.6 Å². The maximum Gasteiger partial charge on any atom is 0.251 e. The third kappa shape index (κ3) is 7.28. The van der Waals surface area contributed by atoms with E-state index in [2.05, 4.69) is 10.6 Å². The molecule has 1 aliphatic heterocycles. The first-order valence-electron chi connectivity index (χ1n) is 14.0. The molecule has 5 rings (SSSR count). The summed E-state index contributed by atoms with van der Waals surface area (Å²) in [6.07, 6.45) is 0.467. The molecule has 1 saturated heterocycles. The van der Waals surface area contributed by atoms with Gasteiger partial charge in [0.1, 0.15) is 23.4 Å². The van der Waals surface area contributed by atoms with Crippen LogP contribution in [0, 0.1) is 5.41 Å². The Morgan fingerprint density at radius 1 is 0.977 bits per heavy atom. The number of nitrogens with zero attached hydrogens (tertiary/aromatic N) is 1. The Kier molecular flexibility index (Phi) is 9.17. The normalized spacial score (nSPS) is 16.7. The Labute approximate surface area is 254 Å². The first kappa shape index (κ1) is 29.5. The van der Waals surface area contributed by atoms with Crippen LogP contribution in [0.25, 0.3) is 0 Å². The van der Waals surface area contributed by atoms with Crippen LogP contribution < -0.4 is 21.1 Å². The van der Waals surface area contributed by atoms with Crippen molar-refractivity contribution in [1.82, 2.24) is 15.5 Å². The van der Waals surface area contributed by atoms with E-state index in [0.717, 1.165) is 10.4 Å². The molecule has 3 amide bonds. The monoisotopic (exact) mass is 595 g/mol. The van der Waals surface area contributed by atoms with Crippen molar-refractivity contribution in [3.8, 4) is 11.5 Å². The van der Waals surface area contributed by atoms with Gasteiger partial charge < -0.3 is 26.0 Å². The minimum absolute atomic E-state index is 0.0184. The molecule has 2 heterocycles. The molecule has 5 N–H and O–H groups in total. The smallest absolute Gasteiger partial charge is 0.251 e. The molecular formula is C33H33N5O4S. The van der Waals surface area contributed by atoms with Gasteiger partial charge in [-0.15, -0.1) is 11.3 Å². The van der Waals surface area contributed by atoms with Crippen LogP contribution in [0.2, 0.25) is 0 Å². The molecule has 1 aliphatic rings. The van der Waals surface area contributed by atoms with Crippen molar-refractivity contribution in [2.45, 2.75) is 31.3 Å². The quantitative estimate of drug-likeness (QED) is 0.154. The number of carbonyl (C=O) groups excluding carboxylic acids is 3. The number of amidine groups is 1. The minimum atomic E-state index is -0.696. The number of nitrogen functional groups attached to an aromatic ring is 1. The van der Waals surface area contributed by atoms with Crippen molar-refractivity contribution >= 4 is 34.9 Å². The zero-order valence-corrected chi connectivity index (χ0v) is 24.5. The minimum Gasteiger partial charge on any atom is -0.457 e. The summed E-state index contributed by atoms with van der Waals surface area (Å²) in [5, 5.41) is 15.2. The van der Waals surface area contributed by atoms with Crippen molar-refractivity contribution in [3.63, 3.8) is 0 Å². The average molecular weight is 596 g/mol. The van der Waals surface area contributed by atoms with Gasteiger partial charge in [-0.1, -0.05) is 48.5 Å². The van der Waals surface area contributed by atoms with E-state index in [1.165, 1.54) is 11.3 Å². The number of nitrogens with two attached hydrogens (primary N) is 1.